The highest BCUT2D eigenvalue weighted by Gasteiger charge is 2.15. The standard InChI is InChI=1S/C23H21N5O4/c1-14-10-15(2)28(27-14)21-11-20(25-23(26-21)19-9-8-16(3)32-19)24-22(30)13-31-18-7-5-4-6-17(18)12-29/h4-12H,13H2,1-3H3,(H,24,25,26,30). The van der Waals surface area contributed by atoms with E-state index in [2.05, 4.69) is 20.4 Å². The van der Waals surface area contributed by atoms with Crippen molar-refractivity contribution in [2.45, 2.75) is 20.8 Å². The molecule has 32 heavy (non-hydrogen) atoms. The van der Waals surface area contributed by atoms with E-state index in [-0.39, 0.29) is 12.4 Å². The lowest BCUT2D eigenvalue weighted by Gasteiger charge is -2.11. The van der Waals surface area contributed by atoms with E-state index < -0.39 is 5.91 Å². The van der Waals surface area contributed by atoms with Crippen LogP contribution in [-0.4, -0.2) is 38.5 Å². The number of furan rings is 1. The summed E-state index contributed by atoms with van der Waals surface area (Å²) in [6.45, 7) is 5.33. The maximum atomic E-state index is 12.5. The molecule has 1 N–H and O–H groups in total. The zero-order valence-corrected chi connectivity index (χ0v) is 17.8. The predicted molar refractivity (Wildman–Crippen MR) is 117 cm³/mol. The number of hydrogen-bond acceptors (Lipinski definition) is 7. The molecule has 3 aromatic heterocycles. The van der Waals surface area contributed by atoms with Gasteiger partial charge in [-0.15, -0.1) is 0 Å². The summed E-state index contributed by atoms with van der Waals surface area (Å²) < 4.78 is 12.8. The van der Waals surface area contributed by atoms with Crippen molar-refractivity contribution in [2.75, 3.05) is 11.9 Å². The monoisotopic (exact) mass is 431 g/mol. The fraction of sp³-hybridized carbons (Fsp3) is 0.174. The van der Waals surface area contributed by atoms with Crippen LogP contribution in [0, 0.1) is 20.8 Å². The molecular weight excluding hydrogens is 410 g/mol. The second-order valence-corrected chi connectivity index (χ2v) is 7.18. The van der Waals surface area contributed by atoms with Gasteiger partial charge in [-0.2, -0.15) is 5.10 Å². The molecule has 0 atom stereocenters. The number of rotatable bonds is 7. The minimum absolute atomic E-state index is 0.267. The molecule has 9 heteroatoms. The number of hydrogen-bond donors (Lipinski definition) is 1. The van der Waals surface area contributed by atoms with Crippen LogP contribution in [0.1, 0.15) is 27.5 Å². The van der Waals surface area contributed by atoms with Crippen molar-refractivity contribution < 1.29 is 18.7 Å². The van der Waals surface area contributed by atoms with E-state index in [0.717, 1.165) is 11.4 Å². The van der Waals surface area contributed by atoms with Gasteiger partial charge in [0, 0.05) is 11.8 Å². The van der Waals surface area contributed by atoms with Crippen molar-refractivity contribution in [3.63, 3.8) is 0 Å². The SMILES string of the molecule is Cc1cc(C)n(-c2cc(NC(=O)COc3ccccc3C=O)nc(-c3ccc(C)o3)n2)n1. The number of para-hydroxylation sites is 1. The molecular formula is C23H21N5O4. The summed E-state index contributed by atoms with van der Waals surface area (Å²) in [5, 5.41) is 7.18. The third kappa shape index (κ3) is 4.56. The molecule has 0 radical (unpaired) electrons. The first-order chi connectivity index (χ1) is 15.4. The molecule has 0 spiro atoms. The Kier molecular flexibility index (Phi) is 5.80. The van der Waals surface area contributed by atoms with Gasteiger partial charge in [0.05, 0.1) is 11.3 Å². The number of carbonyl (C=O) groups is 2. The molecule has 1 amide bonds. The summed E-state index contributed by atoms with van der Waals surface area (Å²) in [6, 6.07) is 13.8. The van der Waals surface area contributed by atoms with Crippen LogP contribution in [0.15, 0.2) is 52.9 Å². The van der Waals surface area contributed by atoms with Crippen LogP contribution >= 0.6 is 0 Å². The number of aryl methyl sites for hydroxylation is 3. The minimum Gasteiger partial charge on any atom is -0.483 e. The van der Waals surface area contributed by atoms with Crippen LogP contribution in [0.25, 0.3) is 17.4 Å². The average Bonchev–Trinajstić information content (AvgIpc) is 3.36. The van der Waals surface area contributed by atoms with Crippen LogP contribution in [0.2, 0.25) is 0 Å². The van der Waals surface area contributed by atoms with Gasteiger partial charge in [0.15, 0.2) is 30.3 Å². The number of anilines is 1. The molecule has 3 heterocycles. The Balaban J connectivity index is 1.61. The predicted octanol–water partition coefficient (Wildman–Crippen LogP) is 3.68. The number of aromatic nitrogens is 4. The summed E-state index contributed by atoms with van der Waals surface area (Å²) in [5.41, 5.74) is 2.09. The van der Waals surface area contributed by atoms with Crippen LogP contribution in [-0.2, 0) is 4.79 Å². The Morgan fingerprint density at radius 2 is 1.94 bits per heavy atom. The van der Waals surface area contributed by atoms with Gasteiger partial charge in [0.2, 0.25) is 0 Å². The van der Waals surface area contributed by atoms with E-state index in [4.69, 9.17) is 9.15 Å². The molecule has 4 aromatic rings. The highest BCUT2D eigenvalue weighted by atomic mass is 16.5. The topological polar surface area (TPSA) is 112 Å². The number of aldehydes is 1. The number of carbonyl (C=O) groups excluding carboxylic acids is 2. The number of benzene rings is 1. The number of nitrogens with zero attached hydrogens (tertiary/aromatic N) is 4. The lowest BCUT2D eigenvalue weighted by Crippen LogP contribution is -2.21. The van der Waals surface area contributed by atoms with Crippen molar-refractivity contribution in [1.29, 1.82) is 0 Å². The van der Waals surface area contributed by atoms with Crippen LogP contribution in [0.4, 0.5) is 5.82 Å². The van der Waals surface area contributed by atoms with E-state index in [1.54, 1.807) is 41.1 Å². The van der Waals surface area contributed by atoms with Gasteiger partial charge >= 0.3 is 0 Å². The lowest BCUT2D eigenvalue weighted by atomic mass is 10.2. The molecule has 0 fully saturated rings. The molecule has 162 valence electrons. The Morgan fingerprint density at radius 3 is 2.62 bits per heavy atom. The highest BCUT2D eigenvalue weighted by molar-refractivity contribution is 5.91. The molecule has 0 saturated heterocycles. The van der Waals surface area contributed by atoms with Crippen molar-refractivity contribution in [1.82, 2.24) is 19.7 Å². The molecule has 0 aliphatic heterocycles. The van der Waals surface area contributed by atoms with Gasteiger partial charge in [0.25, 0.3) is 5.91 Å². The first kappa shape index (κ1) is 21.0. The zero-order chi connectivity index (χ0) is 22.7. The fourth-order valence-electron chi connectivity index (χ4n) is 3.16. The van der Waals surface area contributed by atoms with E-state index in [9.17, 15) is 9.59 Å². The smallest absolute Gasteiger partial charge is 0.263 e. The Labute approximate surface area is 184 Å². The second kappa shape index (κ2) is 8.84. The van der Waals surface area contributed by atoms with E-state index in [0.29, 0.717) is 40.8 Å². The van der Waals surface area contributed by atoms with E-state index >= 15 is 0 Å². The number of ether oxygens (including phenoxy) is 1. The third-order valence-electron chi connectivity index (χ3n) is 4.57. The zero-order valence-electron chi connectivity index (χ0n) is 17.8. The summed E-state index contributed by atoms with van der Waals surface area (Å²) >= 11 is 0. The van der Waals surface area contributed by atoms with E-state index in [1.807, 2.05) is 32.9 Å². The van der Waals surface area contributed by atoms with Gasteiger partial charge in [-0.3, -0.25) is 9.59 Å². The molecule has 4 rings (SSSR count). The summed E-state index contributed by atoms with van der Waals surface area (Å²) in [6.07, 6.45) is 0.677. The second-order valence-electron chi connectivity index (χ2n) is 7.18. The van der Waals surface area contributed by atoms with Crippen LogP contribution < -0.4 is 10.1 Å². The first-order valence-electron chi connectivity index (χ1n) is 9.89. The van der Waals surface area contributed by atoms with Gasteiger partial charge in [-0.1, -0.05) is 12.1 Å². The molecule has 0 aliphatic carbocycles. The average molecular weight is 431 g/mol. The maximum Gasteiger partial charge on any atom is 0.263 e. The summed E-state index contributed by atoms with van der Waals surface area (Å²) in [7, 11) is 0. The maximum absolute atomic E-state index is 12.5. The Morgan fingerprint density at radius 1 is 1.12 bits per heavy atom. The summed E-state index contributed by atoms with van der Waals surface area (Å²) in [4.78, 5) is 32.6. The van der Waals surface area contributed by atoms with E-state index in [1.165, 1.54) is 0 Å². The molecule has 1 aromatic carbocycles. The van der Waals surface area contributed by atoms with Gasteiger partial charge in [0.1, 0.15) is 17.3 Å². The van der Waals surface area contributed by atoms with Crippen molar-refractivity contribution >= 4 is 18.0 Å². The molecule has 0 unspecified atom stereocenters. The number of amides is 1. The fourth-order valence-corrected chi connectivity index (χ4v) is 3.16. The molecule has 0 aliphatic rings. The minimum atomic E-state index is -0.440. The van der Waals surface area contributed by atoms with Gasteiger partial charge in [-0.25, -0.2) is 14.6 Å². The Hall–Kier alpha value is -4.27. The van der Waals surface area contributed by atoms with Crippen molar-refractivity contribution in [3.05, 3.63) is 71.2 Å². The Bertz CT molecular complexity index is 1290. The number of nitrogens with one attached hydrogen (secondary N) is 1. The van der Waals surface area contributed by atoms with Crippen molar-refractivity contribution in [2.24, 2.45) is 0 Å². The molecule has 9 nitrogen and oxygen atoms in total. The first-order valence-corrected chi connectivity index (χ1v) is 9.89. The highest BCUT2D eigenvalue weighted by Crippen LogP contribution is 2.23. The van der Waals surface area contributed by atoms with Crippen molar-refractivity contribution in [3.8, 4) is 23.2 Å². The van der Waals surface area contributed by atoms with Crippen LogP contribution in [0.5, 0.6) is 5.75 Å². The largest absolute Gasteiger partial charge is 0.483 e. The quantitative estimate of drug-likeness (QED) is 0.444. The van der Waals surface area contributed by atoms with Gasteiger partial charge in [-0.05, 0) is 51.1 Å². The normalized spacial score (nSPS) is 10.7. The van der Waals surface area contributed by atoms with Crippen LogP contribution in [0.3, 0.4) is 0 Å². The third-order valence-corrected chi connectivity index (χ3v) is 4.57. The summed E-state index contributed by atoms with van der Waals surface area (Å²) in [5.74, 6) is 2.14. The lowest BCUT2D eigenvalue weighted by molar-refractivity contribution is -0.118. The molecule has 0 saturated carbocycles. The molecule has 0 bridgehead atoms. The van der Waals surface area contributed by atoms with Gasteiger partial charge < -0.3 is 14.5 Å².